The summed E-state index contributed by atoms with van der Waals surface area (Å²) >= 11 is 0. The summed E-state index contributed by atoms with van der Waals surface area (Å²) in [6.07, 6.45) is -1.14. The summed E-state index contributed by atoms with van der Waals surface area (Å²) < 4.78 is 13.2. The Bertz CT molecular complexity index is 598. The molecule has 0 aromatic heterocycles. The number of carbonyl (C=O) groups is 3. The van der Waals surface area contributed by atoms with Crippen molar-refractivity contribution in [2.75, 3.05) is 13.1 Å². The van der Waals surface area contributed by atoms with Crippen LogP contribution in [-0.2, 0) is 14.4 Å². The number of nitrogens with one attached hydrogen (secondary N) is 1. The maximum atomic E-state index is 13.2. The normalized spacial score (nSPS) is 23.5. The second-order valence-corrected chi connectivity index (χ2v) is 4.78. The number of nitriles is 1. The smallest absolute Gasteiger partial charge is 1.00 e. The van der Waals surface area contributed by atoms with Crippen LogP contribution in [0.2, 0.25) is 0 Å². The molecular weight excluding hydrogens is 306 g/mol. The molecule has 2 aliphatic rings. The first kappa shape index (κ1) is 19.0. The summed E-state index contributed by atoms with van der Waals surface area (Å²) in [5.41, 5.74) is 0.525. The number of nitrogens with zero attached hydrogens (tertiary/aromatic N) is 3. The molecule has 23 heavy (non-hydrogen) atoms. The first-order valence-corrected chi connectivity index (χ1v) is 6.33. The molecule has 1 saturated heterocycles. The molecule has 3 atom stereocenters. The van der Waals surface area contributed by atoms with Crippen molar-refractivity contribution in [2.45, 2.75) is 25.4 Å². The molecular formula is C12H14FLiN4O5. The minimum Gasteiger partial charge on any atom is -1.00 e. The zero-order chi connectivity index (χ0) is 16.4. The molecule has 1 fully saturated rings. The van der Waals surface area contributed by atoms with Gasteiger partial charge < -0.3 is 16.7 Å². The third-order valence-electron chi connectivity index (χ3n) is 3.31. The van der Waals surface area contributed by atoms with E-state index in [9.17, 15) is 18.8 Å². The van der Waals surface area contributed by atoms with Crippen molar-refractivity contribution in [1.29, 1.82) is 5.26 Å². The molecule has 2 bridgehead atoms. The van der Waals surface area contributed by atoms with Crippen LogP contribution in [0.25, 0.3) is 0 Å². The topological polar surface area (TPSA) is 123 Å². The van der Waals surface area contributed by atoms with Crippen molar-refractivity contribution in [3.05, 3.63) is 11.6 Å². The third kappa shape index (κ3) is 3.64. The van der Waals surface area contributed by atoms with Crippen LogP contribution in [0, 0.1) is 11.3 Å². The zero-order valence-electron chi connectivity index (χ0n) is 13.5. The number of hydroxylamine groups is 2. The molecule has 0 aromatic rings. The molecule has 11 heteroatoms. The quantitative estimate of drug-likeness (QED) is 0.308. The van der Waals surface area contributed by atoms with Crippen molar-refractivity contribution in [3.63, 3.8) is 0 Å². The summed E-state index contributed by atoms with van der Waals surface area (Å²) in [5, 5.41) is 19.9. The molecule has 2 heterocycles. The molecule has 0 saturated carbocycles. The van der Waals surface area contributed by atoms with Gasteiger partial charge in [0.25, 0.3) is 0 Å². The largest absolute Gasteiger partial charge is 1.00 e. The van der Waals surface area contributed by atoms with Gasteiger partial charge in [-0.15, -0.1) is 0 Å². The van der Waals surface area contributed by atoms with Gasteiger partial charge in [0.2, 0.25) is 5.91 Å². The van der Waals surface area contributed by atoms with E-state index in [0.717, 1.165) is 4.90 Å². The van der Waals surface area contributed by atoms with Crippen LogP contribution < -0.4 is 24.2 Å². The van der Waals surface area contributed by atoms with Crippen LogP contribution in [0.4, 0.5) is 9.18 Å². The second-order valence-electron chi connectivity index (χ2n) is 4.78. The fourth-order valence-corrected chi connectivity index (χ4v) is 2.44. The number of aliphatic carboxylic acids is 1. The minimum atomic E-state index is -2.68. The van der Waals surface area contributed by atoms with Gasteiger partial charge in [-0.2, -0.15) is 10.3 Å². The maximum Gasteiger partial charge on any atom is 1.00 e. The number of amides is 3. The molecule has 120 valence electrons. The molecule has 0 aromatic carbocycles. The SMILES string of the molecule is CC1=C[C@@H]2CN(C(=O)N2O[C@@H](F)C(=O)O)[C@@H]1C(=O)NCC#N.[H-].[Li+]. The summed E-state index contributed by atoms with van der Waals surface area (Å²) in [5.74, 6) is -2.40. The first-order chi connectivity index (χ1) is 10.4. The van der Waals surface area contributed by atoms with Crippen LogP contribution >= 0.6 is 0 Å². The van der Waals surface area contributed by atoms with E-state index in [0.29, 0.717) is 10.6 Å². The van der Waals surface area contributed by atoms with Gasteiger partial charge in [0.15, 0.2) is 0 Å². The summed E-state index contributed by atoms with van der Waals surface area (Å²) in [6, 6.07) is -0.669. The van der Waals surface area contributed by atoms with Crippen LogP contribution in [0.1, 0.15) is 8.35 Å². The number of carboxylic acid groups (broad SMARTS) is 1. The summed E-state index contributed by atoms with van der Waals surface area (Å²) in [7, 11) is 0. The predicted molar refractivity (Wildman–Crippen MR) is 68.6 cm³/mol. The first-order valence-electron chi connectivity index (χ1n) is 6.33. The van der Waals surface area contributed by atoms with Crippen LogP contribution in [0.5, 0.6) is 0 Å². The Morgan fingerprint density at radius 3 is 2.91 bits per heavy atom. The number of halogens is 1. The van der Waals surface area contributed by atoms with Crippen molar-refractivity contribution in [1.82, 2.24) is 15.3 Å². The standard InChI is InChI=1S/C12H13FN4O5.Li.H/c1-6-4-7-5-16(8(6)10(18)15-3-2-14)12(21)17(7)22-9(13)11(19)20;;/h4,7-9H,3,5H2,1H3,(H,15,18)(H,19,20);;/q;+1;-1/t7-,8+,9-;;/m1../s1. The molecule has 0 unspecified atom stereocenters. The van der Waals surface area contributed by atoms with Gasteiger partial charge in [0.1, 0.15) is 12.6 Å². The van der Waals surface area contributed by atoms with Gasteiger partial charge >= 0.3 is 37.2 Å². The number of carboxylic acids is 1. The second kappa shape index (κ2) is 7.46. The molecule has 0 spiro atoms. The Morgan fingerprint density at radius 1 is 1.70 bits per heavy atom. The Hall–Kier alpha value is -2.07. The van der Waals surface area contributed by atoms with Crippen LogP contribution in [-0.4, -0.2) is 64.5 Å². The van der Waals surface area contributed by atoms with Crippen LogP contribution in [0.15, 0.2) is 11.6 Å². The molecule has 9 nitrogen and oxygen atoms in total. The number of urea groups is 1. The minimum absolute atomic E-state index is 0. The van der Waals surface area contributed by atoms with E-state index in [2.05, 4.69) is 10.2 Å². The molecule has 3 amide bonds. The van der Waals surface area contributed by atoms with E-state index in [1.165, 1.54) is 6.08 Å². The van der Waals surface area contributed by atoms with Gasteiger partial charge in [-0.3, -0.25) is 4.79 Å². The number of fused-ring (bicyclic) bond motifs is 2. The fraction of sp³-hybridized carbons (Fsp3) is 0.500. The van der Waals surface area contributed by atoms with E-state index in [-0.39, 0.29) is 33.4 Å². The summed E-state index contributed by atoms with van der Waals surface area (Å²) in [4.78, 5) is 40.3. The van der Waals surface area contributed by atoms with Gasteiger partial charge in [0.05, 0.1) is 18.7 Å². The van der Waals surface area contributed by atoms with Gasteiger partial charge in [0, 0.05) is 0 Å². The van der Waals surface area contributed by atoms with Crippen molar-refractivity contribution in [3.8, 4) is 6.07 Å². The number of hydrogen-bond acceptors (Lipinski definition) is 5. The molecule has 0 radical (unpaired) electrons. The zero-order valence-corrected chi connectivity index (χ0v) is 12.5. The predicted octanol–water partition coefficient (Wildman–Crippen LogP) is -3.51. The number of alkyl halides is 1. The Kier molecular flexibility index (Phi) is 6.16. The van der Waals surface area contributed by atoms with Crippen molar-refractivity contribution < 1.29 is 49.0 Å². The number of hydrogen-bond donors (Lipinski definition) is 2. The van der Waals surface area contributed by atoms with Crippen molar-refractivity contribution in [2.24, 2.45) is 0 Å². The van der Waals surface area contributed by atoms with Crippen LogP contribution in [0.3, 0.4) is 0 Å². The Morgan fingerprint density at radius 2 is 2.35 bits per heavy atom. The average molecular weight is 320 g/mol. The van der Waals surface area contributed by atoms with E-state index in [1.807, 2.05) is 0 Å². The monoisotopic (exact) mass is 320 g/mol. The number of carbonyl (C=O) groups excluding carboxylic acids is 2. The summed E-state index contributed by atoms with van der Waals surface area (Å²) in [6.45, 7) is 1.46. The van der Waals surface area contributed by atoms with E-state index < -0.39 is 36.3 Å². The van der Waals surface area contributed by atoms with Gasteiger partial charge in [-0.25, -0.2) is 18.8 Å². The molecule has 2 N–H and O–H groups in total. The molecule has 0 aliphatic carbocycles. The third-order valence-corrected chi connectivity index (χ3v) is 3.31. The van der Waals surface area contributed by atoms with Crippen molar-refractivity contribution >= 4 is 17.9 Å². The molecule has 2 aliphatic heterocycles. The van der Waals surface area contributed by atoms with Gasteiger partial charge in [-0.1, -0.05) is 6.08 Å². The maximum absolute atomic E-state index is 13.2. The average Bonchev–Trinajstić information content (AvgIpc) is 2.70. The Labute approximate surface area is 144 Å². The number of rotatable bonds is 5. The van der Waals surface area contributed by atoms with E-state index >= 15 is 0 Å². The van der Waals surface area contributed by atoms with E-state index in [1.54, 1.807) is 13.0 Å². The fourth-order valence-electron chi connectivity index (χ4n) is 2.44. The molecule has 2 rings (SSSR count). The Balaban J connectivity index is 0.00000264. The van der Waals surface area contributed by atoms with Gasteiger partial charge in [-0.05, 0) is 12.5 Å². The van der Waals surface area contributed by atoms with E-state index in [4.69, 9.17) is 10.4 Å².